The molecule has 0 heterocycles. The third kappa shape index (κ3) is 7.28. The van der Waals surface area contributed by atoms with Gasteiger partial charge in [0.05, 0.1) is 10.6 Å². The van der Waals surface area contributed by atoms with Gasteiger partial charge < -0.3 is 5.32 Å². The highest BCUT2D eigenvalue weighted by Gasteiger charge is 2.22. The van der Waals surface area contributed by atoms with Crippen molar-refractivity contribution in [1.29, 1.82) is 0 Å². The van der Waals surface area contributed by atoms with Crippen molar-refractivity contribution in [1.82, 2.24) is 10.7 Å². The number of carbonyl (C=O) groups excluding carboxylic acids is 2. The molecule has 0 spiro atoms. The first-order chi connectivity index (χ1) is 16.4. The van der Waals surface area contributed by atoms with Crippen LogP contribution in [0.5, 0.6) is 0 Å². The van der Waals surface area contributed by atoms with E-state index in [1.807, 2.05) is 60.7 Å². The number of rotatable bonds is 10. The Morgan fingerprint density at radius 1 is 0.941 bits per heavy atom. The van der Waals surface area contributed by atoms with Crippen molar-refractivity contribution in [2.75, 3.05) is 5.75 Å². The third-order valence-electron chi connectivity index (χ3n) is 4.88. The van der Waals surface area contributed by atoms with E-state index < -0.39 is 22.8 Å². The van der Waals surface area contributed by atoms with E-state index in [2.05, 4.69) is 15.8 Å². The Kier molecular flexibility index (Phi) is 8.93. The van der Waals surface area contributed by atoms with E-state index >= 15 is 0 Å². The van der Waals surface area contributed by atoms with Gasteiger partial charge in [-0.15, -0.1) is 0 Å². The summed E-state index contributed by atoms with van der Waals surface area (Å²) in [6.07, 6.45) is 0. The molecule has 0 aromatic heterocycles. The number of nitrogens with zero attached hydrogens (tertiary/aromatic N) is 2. The monoisotopic (exact) mass is 476 g/mol. The molecule has 3 rings (SSSR count). The first-order valence-corrected chi connectivity index (χ1v) is 11.7. The molecule has 1 atom stereocenters. The van der Waals surface area contributed by atoms with Crippen molar-refractivity contribution in [2.24, 2.45) is 5.10 Å². The van der Waals surface area contributed by atoms with Gasteiger partial charge in [-0.1, -0.05) is 60.7 Å². The highest BCUT2D eigenvalue weighted by atomic mass is 32.2. The summed E-state index contributed by atoms with van der Waals surface area (Å²) >= 11 is 1.50. The number of nitro benzene ring substituents is 1. The van der Waals surface area contributed by atoms with Gasteiger partial charge in [-0.2, -0.15) is 16.9 Å². The molecule has 3 aromatic rings. The summed E-state index contributed by atoms with van der Waals surface area (Å²) in [5.74, 6) is 0.0363. The number of thioether (sulfide) groups is 1. The molecule has 174 valence electrons. The van der Waals surface area contributed by atoms with E-state index in [-0.39, 0.29) is 11.3 Å². The molecule has 0 unspecified atom stereocenters. The van der Waals surface area contributed by atoms with Gasteiger partial charge >= 0.3 is 0 Å². The molecule has 0 aliphatic heterocycles. The van der Waals surface area contributed by atoms with Crippen LogP contribution >= 0.6 is 11.8 Å². The molecule has 3 aromatic carbocycles. The highest BCUT2D eigenvalue weighted by Crippen LogP contribution is 2.15. The van der Waals surface area contributed by atoms with Crippen LogP contribution in [-0.2, 0) is 10.5 Å². The van der Waals surface area contributed by atoms with Gasteiger partial charge in [0, 0.05) is 29.2 Å². The predicted molar refractivity (Wildman–Crippen MR) is 134 cm³/mol. The Morgan fingerprint density at radius 2 is 1.56 bits per heavy atom. The topological polar surface area (TPSA) is 114 Å². The van der Waals surface area contributed by atoms with Gasteiger partial charge in [-0.25, -0.2) is 5.43 Å². The summed E-state index contributed by atoms with van der Waals surface area (Å²) in [6, 6.07) is 23.6. The Morgan fingerprint density at radius 3 is 2.18 bits per heavy atom. The molecule has 2 N–H and O–H groups in total. The van der Waals surface area contributed by atoms with Crippen molar-refractivity contribution in [3.05, 3.63) is 112 Å². The van der Waals surface area contributed by atoms with E-state index in [9.17, 15) is 19.7 Å². The van der Waals surface area contributed by atoms with E-state index in [0.717, 1.165) is 11.1 Å². The van der Waals surface area contributed by atoms with Crippen molar-refractivity contribution in [2.45, 2.75) is 18.7 Å². The molecular formula is C25H24N4O4S. The molecule has 34 heavy (non-hydrogen) atoms. The zero-order chi connectivity index (χ0) is 24.3. The number of nitro groups is 1. The lowest BCUT2D eigenvalue weighted by atomic mass is 10.1. The van der Waals surface area contributed by atoms with Crippen LogP contribution in [0.4, 0.5) is 5.69 Å². The number of amides is 2. The Hall–Kier alpha value is -3.98. The number of carbonyl (C=O) groups is 2. The SMILES string of the molecule is C/C(=N/NC(=O)[C@@H](CSCc1ccccc1)NC(=O)c1ccc([N+](=O)[O-])cc1)c1ccccc1. The fourth-order valence-electron chi connectivity index (χ4n) is 2.99. The predicted octanol–water partition coefficient (Wildman–Crippen LogP) is 4.17. The summed E-state index contributed by atoms with van der Waals surface area (Å²) < 4.78 is 0. The van der Waals surface area contributed by atoms with Crippen LogP contribution < -0.4 is 10.7 Å². The molecule has 9 heteroatoms. The third-order valence-corrected chi connectivity index (χ3v) is 5.99. The number of hydrogen-bond acceptors (Lipinski definition) is 6. The van der Waals surface area contributed by atoms with E-state index in [1.165, 1.54) is 36.0 Å². The summed E-state index contributed by atoms with van der Waals surface area (Å²) in [4.78, 5) is 35.9. The Balaban J connectivity index is 1.69. The number of hydrogen-bond donors (Lipinski definition) is 2. The second-order valence-electron chi connectivity index (χ2n) is 7.37. The summed E-state index contributed by atoms with van der Waals surface area (Å²) in [7, 11) is 0. The second-order valence-corrected chi connectivity index (χ2v) is 8.40. The van der Waals surface area contributed by atoms with E-state index in [0.29, 0.717) is 17.2 Å². The zero-order valence-corrected chi connectivity index (χ0v) is 19.3. The molecule has 0 bridgehead atoms. The van der Waals surface area contributed by atoms with Crippen molar-refractivity contribution in [3.8, 4) is 0 Å². The number of hydrazone groups is 1. The van der Waals surface area contributed by atoms with Gasteiger partial charge in [0.15, 0.2) is 0 Å². The molecular weight excluding hydrogens is 452 g/mol. The maximum atomic E-state index is 12.9. The molecule has 0 aliphatic carbocycles. The minimum atomic E-state index is -0.858. The molecule has 8 nitrogen and oxygen atoms in total. The minimum Gasteiger partial charge on any atom is -0.339 e. The first-order valence-electron chi connectivity index (χ1n) is 10.5. The van der Waals surface area contributed by atoms with Crippen LogP contribution in [0.3, 0.4) is 0 Å². The van der Waals surface area contributed by atoms with Gasteiger partial charge in [-0.3, -0.25) is 19.7 Å². The smallest absolute Gasteiger partial charge is 0.269 e. The number of non-ortho nitro benzene ring substituents is 1. The lowest BCUT2D eigenvalue weighted by Crippen LogP contribution is -2.47. The normalized spacial score (nSPS) is 12.0. The van der Waals surface area contributed by atoms with Crippen LogP contribution in [0.15, 0.2) is 90.0 Å². The van der Waals surface area contributed by atoms with E-state index in [1.54, 1.807) is 6.92 Å². The van der Waals surface area contributed by atoms with Gasteiger partial charge in [0.2, 0.25) is 0 Å². The van der Waals surface area contributed by atoms with Crippen LogP contribution in [0, 0.1) is 10.1 Å². The van der Waals surface area contributed by atoms with Gasteiger partial charge in [-0.05, 0) is 30.2 Å². The fourth-order valence-corrected chi connectivity index (χ4v) is 4.01. The second kappa shape index (κ2) is 12.3. The maximum absolute atomic E-state index is 12.9. The molecule has 0 fully saturated rings. The van der Waals surface area contributed by atoms with Crippen LogP contribution in [0.1, 0.15) is 28.4 Å². The highest BCUT2D eigenvalue weighted by molar-refractivity contribution is 7.98. The molecule has 2 amide bonds. The molecule has 0 saturated carbocycles. The van der Waals surface area contributed by atoms with Crippen LogP contribution in [0.2, 0.25) is 0 Å². The number of nitrogens with one attached hydrogen (secondary N) is 2. The van der Waals surface area contributed by atoms with Gasteiger partial charge in [0.1, 0.15) is 6.04 Å². The standard InChI is InChI=1S/C25H24N4O4S/c1-18(20-10-6-3-7-11-20)27-28-25(31)23(17-34-16-19-8-4-2-5-9-19)26-24(30)21-12-14-22(15-13-21)29(32)33/h2-15,23H,16-17H2,1H3,(H,26,30)(H,28,31)/b27-18-/t23-/m1/s1. The fraction of sp³-hybridized carbons (Fsp3) is 0.160. The summed E-state index contributed by atoms with van der Waals surface area (Å²) in [5.41, 5.74) is 5.25. The lowest BCUT2D eigenvalue weighted by Gasteiger charge is -2.17. The molecule has 0 saturated heterocycles. The Labute approximate surface area is 201 Å². The number of benzene rings is 3. The van der Waals surface area contributed by atoms with Gasteiger partial charge in [0.25, 0.3) is 17.5 Å². The summed E-state index contributed by atoms with van der Waals surface area (Å²) in [5, 5.41) is 17.7. The quantitative estimate of drug-likeness (QED) is 0.259. The zero-order valence-electron chi connectivity index (χ0n) is 18.5. The van der Waals surface area contributed by atoms with Crippen LogP contribution in [0.25, 0.3) is 0 Å². The summed E-state index contributed by atoms with van der Waals surface area (Å²) in [6.45, 7) is 1.78. The average molecular weight is 477 g/mol. The molecule has 0 aliphatic rings. The lowest BCUT2D eigenvalue weighted by molar-refractivity contribution is -0.384. The average Bonchev–Trinajstić information content (AvgIpc) is 2.87. The largest absolute Gasteiger partial charge is 0.339 e. The molecule has 0 radical (unpaired) electrons. The maximum Gasteiger partial charge on any atom is 0.269 e. The van der Waals surface area contributed by atoms with Crippen molar-refractivity contribution in [3.63, 3.8) is 0 Å². The van der Waals surface area contributed by atoms with E-state index in [4.69, 9.17) is 0 Å². The van der Waals surface area contributed by atoms with Crippen molar-refractivity contribution >= 4 is 35.0 Å². The van der Waals surface area contributed by atoms with Crippen LogP contribution in [-0.4, -0.2) is 34.2 Å². The minimum absolute atomic E-state index is 0.116. The Bertz CT molecular complexity index is 1150. The van der Waals surface area contributed by atoms with Crippen molar-refractivity contribution < 1.29 is 14.5 Å². The first kappa shape index (κ1) is 24.7.